The Morgan fingerprint density at radius 1 is 1.43 bits per heavy atom. The number of alkyl halides is 1. The van der Waals surface area contributed by atoms with Crippen molar-refractivity contribution in [3.05, 3.63) is 29.3 Å². The quantitative estimate of drug-likeness (QED) is 0.565. The van der Waals surface area contributed by atoms with Gasteiger partial charge < -0.3 is 4.74 Å². The van der Waals surface area contributed by atoms with E-state index in [1.807, 2.05) is 0 Å². The minimum Gasteiger partial charge on any atom is -0.492 e. The summed E-state index contributed by atoms with van der Waals surface area (Å²) in [4.78, 5) is 0. The SMILES string of the molecule is CC(C)c1ccc2c(c1)C(C)(I)CO2. The van der Waals surface area contributed by atoms with E-state index < -0.39 is 0 Å². The second-order valence-corrected chi connectivity index (χ2v) is 6.78. The highest BCUT2D eigenvalue weighted by Crippen LogP contribution is 2.44. The van der Waals surface area contributed by atoms with E-state index in [0.717, 1.165) is 12.4 Å². The first-order chi connectivity index (χ1) is 6.50. The molecule has 1 aliphatic rings. The van der Waals surface area contributed by atoms with E-state index in [2.05, 4.69) is 61.6 Å². The van der Waals surface area contributed by atoms with Gasteiger partial charge >= 0.3 is 0 Å². The molecule has 76 valence electrons. The van der Waals surface area contributed by atoms with Crippen LogP contribution in [0.3, 0.4) is 0 Å². The van der Waals surface area contributed by atoms with Crippen LogP contribution in [0, 0.1) is 0 Å². The van der Waals surface area contributed by atoms with Crippen LogP contribution in [0.1, 0.15) is 37.8 Å². The van der Waals surface area contributed by atoms with Crippen molar-refractivity contribution in [3.8, 4) is 5.75 Å². The second kappa shape index (κ2) is 3.40. The molecular formula is C12H15IO. The van der Waals surface area contributed by atoms with Crippen LogP contribution in [-0.2, 0) is 3.42 Å². The zero-order chi connectivity index (χ0) is 10.3. The molecule has 0 spiro atoms. The lowest BCUT2D eigenvalue weighted by atomic mass is 9.96. The number of halogens is 1. The molecule has 1 nitrogen and oxygen atoms in total. The highest BCUT2D eigenvalue weighted by atomic mass is 127. The van der Waals surface area contributed by atoms with Crippen LogP contribution in [0.4, 0.5) is 0 Å². The first-order valence-corrected chi connectivity index (χ1v) is 6.05. The standard InChI is InChI=1S/C12H15IO/c1-8(2)9-4-5-11-10(6-9)12(3,13)7-14-11/h4-6,8H,7H2,1-3H3. The van der Waals surface area contributed by atoms with Crippen LogP contribution in [0.25, 0.3) is 0 Å². The molecule has 0 radical (unpaired) electrons. The van der Waals surface area contributed by atoms with E-state index in [1.165, 1.54) is 11.1 Å². The van der Waals surface area contributed by atoms with Crippen molar-refractivity contribution in [2.45, 2.75) is 30.1 Å². The van der Waals surface area contributed by atoms with E-state index in [1.54, 1.807) is 0 Å². The third kappa shape index (κ3) is 1.64. The molecule has 0 fully saturated rings. The average molecular weight is 302 g/mol. The van der Waals surface area contributed by atoms with E-state index in [9.17, 15) is 0 Å². The summed E-state index contributed by atoms with van der Waals surface area (Å²) in [5, 5.41) is 0. The largest absolute Gasteiger partial charge is 0.492 e. The Balaban J connectivity index is 2.48. The summed E-state index contributed by atoms with van der Waals surface area (Å²) in [5.41, 5.74) is 2.75. The Hall–Kier alpha value is -0.250. The number of ether oxygens (including phenoxy) is 1. The second-order valence-electron chi connectivity index (χ2n) is 4.40. The van der Waals surface area contributed by atoms with Crippen molar-refractivity contribution >= 4 is 22.6 Å². The van der Waals surface area contributed by atoms with Gasteiger partial charge in [0.25, 0.3) is 0 Å². The molecule has 1 aromatic rings. The van der Waals surface area contributed by atoms with Gasteiger partial charge in [-0.15, -0.1) is 0 Å². The molecule has 2 rings (SSSR count). The van der Waals surface area contributed by atoms with Gasteiger partial charge in [0.15, 0.2) is 0 Å². The van der Waals surface area contributed by atoms with Gasteiger partial charge in [-0.2, -0.15) is 0 Å². The monoisotopic (exact) mass is 302 g/mol. The summed E-state index contributed by atoms with van der Waals surface area (Å²) in [5.74, 6) is 1.65. The Labute approximate surface area is 99.0 Å². The maximum absolute atomic E-state index is 5.64. The van der Waals surface area contributed by atoms with Gasteiger partial charge in [-0.1, -0.05) is 48.6 Å². The molecule has 14 heavy (non-hydrogen) atoms. The van der Waals surface area contributed by atoms with Crippen LogP contribution in [0.15, 0.2) is 18.2 Å². The smallest absolute Gasteiger partial charge is 0.124 e. The Morgan fingerprint density at radius 2 is 2.14 bits per heavy atom. The first kappa shape index (κ1) is 10.3. The molecule has 1 heterocycles. The lowest BCUT2D eigenvalue weighted by molar-refractivity contribution is 0.331. The molecule has 0 bridgehead atoms. The lowest BCUT2D eigenvalue weighted by Crippen LogP contribution is -2.13. The Morgan fingerprint density at radius 3 is 2.79 bits per heavy atom. The predicted octanol–water partition coefficient (Wildman–Crippen LogP) is 3.85. The van der Waals surface area contributed by atoms with Crippen LogP contribution in [0.2, 0.25) is 0 Å². The normalized spacial score (nSPS) is 24.9. The molecule has 0 aliphatic carbocycles. The van der Waals surface area contributed by atoms with Gasteiger partial charge in [-0.25, -0.2) is 0 Å². The van der Waals surface area contributed by atoms with Gasteiger partial charge in [0.05, 0.1) is 3.42 Å². The molecular weight excluding hydrogens is 287 g/mol. The molecule has 2 heteroatoms. The summed E-state index contributed by atoms with van der Waals surface area (Å²) in [6.45, 7) is 7.47. The molecule has 0 saturated carbocycles. The fraction of sp³-hybridized carbons (Fsp3) is 0.500. The summed E-state index contributed by atoms with van der Waals surface area (Å²) in [6.07, 6.45) is 0. The van der Waals surface area contributed by atoms with Crippen LogP contribution in [-0.4, -0.2) is 6.61 Å². The maximum Gasteiger partial charge on any atom is 0.124 e. The average Bonchev–Trinajstić information content (AvgIpc) is 2.42. The number of rotatable bonds is 1. The van der Waals surface area contributed by atoms with E-state index >= 15 is 0 Å². The Kier molecular flexibility index (Phi) is 2.50. The fourth-order valence-corrected chi connectivity index (χ4v) is 2.31. The summed E-state index contributed by atoms with van der Waals surface area (Å²) in [7, 11) is 0. The zero-order valence-corrected chi connectivity index (χ0v) is 11.0. The molecule has 1 aliphatic heterocycles. The predicted molar refractivity (Wildman–Crippen MR) is 67.4 cm³/mol. The highest BCUT2D eigenvalue weighted by Gasteiger charge is 2.33. The van der Waals surface area contributed by atoms with Gasteiger partial charge in [0.2, 0.25) is 0 Å². The van der Waals surface area contributed by atoms with Gasteiger partial charge in [0, 0.05) is 5.56 Å². The third-order valence-electron chi connectivity index (χ3n) is 2.73. The molecule has 0 N–H and O–H groups in total. The van der Waals surface area contributed by atoms with Gasteiger partial charge in [-0.05, 0) is 24.5 Å². The molecule has 1 unspecified atom stereocenters. The van der Waals surface area contributed by atoms with Crippen molar-refractivity contribution < 1.29 is 4.74 Å². The van der Waals surface area contributed by atoms with Crippen molar-refractivity contribution in [3.63, 3.8) is 0 Å². The maximum atomic E-state index is 5.64. The molecule has 0 aromatic heterocycles. The lowest BCUT2D eigenvalue weighted by Gasteiger charge is -2.14. The summed E-state index contributed by atoms with van der Waals surface area (Å²) < 4.78 is 5.79. The van der Waals surface area contributed by atoms with Gasteiger partial charge in [0.1, 0.15) is 12.4 Å². The first-order valence-electron chi connectivity index (χ1n) is 4.97. The fourth-order valence-electron chi connectivity index (χ4n) is 1.73. The summed E-state index contributed by atoms with van der Waals surface area (Å²) in [6, 6.07) is 6.57. The Bertz CT molecular complexity index is 355. The van der Waals surface area contributed by atoms with Crippen molar-refractivity contribution in [1.29, 1.82) is 0 Å². The number of fused-ring (bicyclic) bond motifs is 1. The molecule has 1 atom stereocenters. The van der Waals surface area contributed by atoms with Crippen LogP contribution >= 0.6 is 22.6 Å². The zero-order valence-electron chi connectivity index (χ0n) is 8.80. The van der Waals surface area contributed by atoms with E-state index in [-0.39, 0.29) is 3.42 Å². The molecule has 1 aromatic carbocycles. The van der Waals surface area contributed by atoms with Crippen molar-refractivity contribution in [2.75, 3.05) is 6.61 Å². The minimum atomic E-state index is 0.151. The van der Waals surface area contributed by atoms with Crippen LogP contribution < -0.4 is 4.74 Å². The van der Waals surface area contributed by atoms with Gasteiger partial charge in [-0.3, -0.25) is 0 Å². The number of hydrogen-bond donors (Lipinski definition) is 0. The molecule has 0 saturated heterocycles. The number of hydrogen-bond acceptors (Lipinski definition) is 1. The number of benzene rings is 1. The minimum absolute atomic E-state index is 0.151. The molecule has 0 amide bonds. The van der Waals surface area contributed by atoms with Crippen molar-refractivity contribution in [1.82, 2.24) is 0 Å². The van der Waals surface area contributed by atoms with Crippen LogP contribution in [0.5, 0.6) is 5.75 Å². The van der Waals surface area contributed by atoms with E-state index in [0.29, 0.717) is 5.92 Å². The topological polar surface area (TPSA) is 9.23 Å². The van der Waals surface area contributed by atoms with E-state index in [4.69, 9.17) is 4.74 Å². The summed E-state index contributed by atoms with van der Waals surface area (Å²) >= 11 is 2.47. The van der Waals surface area contributed by atoms with Crippen molar-refractivity contribution in [2.24, 2.45) is 0 Å². The highest BCUT2D eigenvalue weighted by molar-refractivity contribution is 14.1. The third-order valence-corrected chi connectivity index (χ3v) is 3.62.